The number of rotatable bonds is 10. The highest BCUT2D eigenvalue weighted by Crippen LogP contribution is 2.40. The number of nitrogens with zero attached hydrogens (tertiary/aromatic N) is 2. The molecule has 0 aliphatic carbocycles. The molecule has 40 atom stereocenters. The zero-order valence-electron chi connectivity index (χ0n) is 52.5. The van der Waals surface area contributed by atoms with Crippen molar-refractivity contribution in [2.45, 2.75) is 259 Å². The van der Waals surface area contributed by atoms with Crippen molar-refractivity contribution in [1.82, 2.24) is 0 Å². The lowest BCUT2D eigenvalue weighted by molar-refractivity contribution is -0.709. The summed E-state index contributed by atoms with van der Waals surface area (Å²) in [5.74, 6) is 0. The van der Waals surface area contributed by atoms with E-state index in [1.807, 2.05) is 0 Å². The van der Waals surface area contributed by atoms with Crippen molar-refractivity contribution in [3.8, 4) is 0 Å². The monoisotopic (exact) mass is 1490 g/mol. The predicted molar refractivity (Wildman–Crippen MR) is 300 cm³/mol. The largest absolute Gasteiger partial charge is 1.00 e. The molecule has 30 aliphatic heterocycles. The molecule has 0 saturated carbocycles. The van der Waals surface area contributed by atoms with E-state index in [1.54, 1.807) is 70.3 Å². The first-order valence-electron chi connectivity index (χ1n) is 31.8. The molecule has 22 N–H and O–H groups in total. The van der Waals surface area contributed by atoms with Gasteiger partial charge in [-0.1, -0.05) is 12.1 Å². The second kappa shape index (κ2) is 35.4. The third-order valence-corrected chi connectivity index (χ3v) is 18.9. The fraction of sp³-hybridized carbons (Fsp3) is 0.828. The SMILES string of the molecule is OC[C@H]1O[C@@H]2O[C@H]3[C@H](O)[C@@H](O)[C@@H](O[C@H]4[C@H](O)[C@@H](O)[C@@H](O[C@H]5[C@H](O)[C@@H](O)[C@@H](O[C@H]6[C@H](O)[C@@H](O)[C@@H](O[C@H]7[C@H](O)[C@@H](O)[C@@H](O[C@H]8[C@H](O)[C@@H](O)[C@@H](O[C@H]9[C@H](O)[C@@H](O)[C@@H](O[C@H]1[C@H](O)[C@H]2O)O[C@@H]9CO)O[C@@H]8CO)O[C@@H]7CO)O[C@@H]6C[n+]1ccccc1)O[C@@H]5C[n+]1ccccc1)O[C@@H]4CO)O[C@@H]3CO.[Cl-].[Cl-]. The molecule has 30 saturated heterocycles. The second-order valence-corrected chi connectivity index (χ2v) is 25.2. The van der Waals surface area contributed by atoms with Gasteiger partial charge < -0.3 is 213 Å². The third kappa shape index (κ3) is 16.7. The van der Waals surface area contributed by atoms with Crippen LogP contribution in [0.2, 0.25) is 0 Å². The molecule has 0 amide bonds. The molecule has 2 aromatic heterocycles. The first-order chi connectivity index (χ1) is 46.9. The van der Waals surface area contributed by atoms with E-state index in [0.717, 1.165) is 0 Å². The Morgan fingerprint density at radius 2 is 0.330 bits per heavy atom. The minimum absolute atomic E-state index is 0. The summed E-state index contributed by atoms with van der Waals surface area (Å²) in [6.45, 7) is -6.85. The van der Waals surface area contributed by atoms with Crippen LogP contribution in [-0.4, -0.2) is 398 Å². The Balaban J connectivity index is 0.00000583. The molecule has 572 valence electrons. The molecular weight excluding hydrogens is 1400 g/mol. The van der Waals surface area contributed by atoms with Crippen LogP contribution in [0.15, 0.2) is 61.2 Å². The number of hydrogen-bond donors (Lipinski definition) is 22. The quantitative estimate of drug-likeness (QED) is 0.0982. The normalized spacial score (nSPS) is 49.8. The van der Waals surface area contributed by atoms with Crippen LogP contribution in [0, 0.1) is 0 Å². The van der Waals surface area contributed by atoms with Crippen LogP contribution < -0.4 is 33.9 Å². The van der Waals surface area contributed by atoms with Crippen LogP contribution in [0.25, 0.3) is 0 Å². The van der Waals surface area contributed by atoms with Crippen LogP contribution in [0.4, 0.5) is 0 Å². The van der Waals surface area contributed by atoms with E-state index in [4.69, 9.17) is 75.8 Å². The Hall–Kier alpha value is -2.64. The summed E-state index contributed by atoms with van der Waals surface area (Å²) >= 11 is 0. The molecule has 16 bridgehead atoms. The average molecular weight is 1490 g/mol. The average Bonchev–Trinajstić information content (AvgIpc) is 0.778. The van der Waals surface area contributed by atoms with Crippen molar-refractivity contribution in [2.75, 3.05) is 39.6 Å². The Morgan fingerprint density at radius 1 is 0.190 bits per heavy atom. The standard InChI is InChI=1S/C58H88N2O38.2ClH/c61-13-21-45-30(70)38(78)54(86-21)95-47-23(15-63)88-56(40(80)32(47)72)97-49-25(17-65)90-58(42(82)34(49)74)98-50-26(18-66)89-57(41(81)33(50)73)96-48-24(16-64)87-55(39(79)31(48)71)94-46-22(14-62)85-53(37(77)29(46)69)92-44-20(12-60-9-5-2-6-10-60)83-51(35(75)27(44)67)91-43-19(11-59-7-3-1-4-8-59)84-52(93-45)36(76)28(43)68;;/h1-10,19-58,61-82H,11-18H2;2*1H/q+2;;/p-2/t19-,20-,21-,22-,23-,24-,25-,26-,27-,28-,29-,30-,31-,32-,33-,34-,35-,36-,37-,38-,39-,40-,41-,42-,43-,44-,45-,46-,47-,48-,49-,50-,51-,52-,53-,54-,55-,56-,57-,58-;;/m1../s1. The van der Waals surface area contributed by atoms with Gasteiger partial charge in [0, 0.05) is 24.3 Å². The highest BCUT2D eigenvalue weighted by atomic mass is 35.5. The Bertz CT molecular complexity index is 2730. The molecule has 0 spiro atoms. The fourth-order valence-corrected chi connectivity index (χ4v) is 13.4. The van der Waals surface area contributed by atoms with Gasteiger partial charge in [0.2, 0.25) is 0 Å². The van der Waals surface area contributed by atoms with Crippen molar-refractivity contribution in [3.63, 3.8) is 0 Å². The topological polar surface area (TPSA) is 601 Å². The number of aromatic nitrogens is 2. The summed E-state index contributed by atoms with van der Waals surface area (Å²) < 4.78 is 97.9. The summed E-state index contributed by atoms with van der Waals surface area (Å²) in [7, 11) is 0. The van der Waals surface area contributed by atoms with Crippen LogP contribution in [0.5, 0.6) is 0 Å². The van der Waals surface area contributed by atoms with Crippen LogP contribution in [0.1, 0.15) is 0 Å². The first-order valence-corrected chi connectivity index (χ1v) is 31.8. The van der Waals surface area contributed by atoms with Gasteiger partial charge in [0.15, 0.2) is 88.2 Å². The van der Waals surface area contributed by atoms with Gasteiger partial charge in [-0.3, -0.25) is 0 Å². The smallest absolute Gasteiger partial charge is 0.187 e. The zero-order valence-corrected chi connectivity index (χ0v) is 54.1. The zero-order chi connectivity index (χ0) is 70.3. The summed E-state index contributed by atoms with van der Waals surface area (Å²) in [6.07, 6.45) is -73.5. The lowest BCUT2D eigenvalue weighted by Crippen LogP contribution is -3.00. The number of halogens is 2. The van der Waals surface area contributed by atoms with E-state index >= 15 is 0 Å². The van der Waals surface area contributed by atoms with E-state index in [-0.39, 0.29) is 37.9 Å². The van der Waals surface area contributed by atoms with Crippen LogP contribution in [0.3, 0.4) is 0 Å². The lowest BCUT2D eigenvalue weighted by Gasteiger charge is -2.50. The molecule has 32 rings (SSSR count). The van der Waals surface area contributed by atoms with E-state index in [1.165, 1.54) is 0 Å². The number of aliphatic hydroxyl groups excluding tert-OH is 22. The molecule has 0 aromatic carbocycles. The molecule has 100 heavy (non-hydrogen) atoms. The number of pyridine rings is 2. The first kappa shape index (κ1) is 81.4. The van der Waals surface area contributed by atoms with Gasteiger partial charge in [0.25, 0.3) is 0 Å². The predicted octanol–water partition coefficient (Wildman–Crippen LogP) is -21.4. The van der Waals surface area contributed by atoms with Crippen LogP contribution in [-0.2, 0) is 88.9 Å². The van der Waals surface area contributed by atoms with Crippen LogP contribution >= 0.6 is 0 Å². The number of hydrogen-bond acceptors (Lipinski definition) is 38. The van der Waals surface area contributed by atoms with Gasteiger partial charge in [0.1, 0.15) is 195 Å². The maximum atomic E-state index is 12.1. The van der Waals surface area contributed by atoms with E-state index in [9.17, 15) is 112 Å². The van der Waals surface area contributed by atoms with E-state index < -0.39 is 285 Å². The highest BCUT2D eigenvalue weighted by molar-refractivity contribution is 5.03. The van der Waals surface area contributed by atoms with Gasteiger partial charge in [-0.2, -0.15) is 0 Å². The number of ether oxygens (including phenoxy) is 16. The van der Waals surface area contributed by atoms with Crippen molar-refractivity contribution >= 4 is 0 Å². The molecule has 40 nitrogen and oxygen atoms in total. The summed E-state index contributed by atoms with van der Waals surface area (Å²) in [6, 6.07) is 9.88. The molecule has 42 heteroatoms. The van der Waals surface area contributed by atoms with Gasteiger partial charge in [0.05, 0.1) is 39.6 Å². The molecule has 0 unspecified atom stereocenters. The molecule has 0 radical (unpaired) electrons. The summed E-state index contributed by atoms with van der Waals surface area (Å²) in [5.41, 5.74) is 0. The molecular formula is C58H88Cl2N2O38. The maximum Gasteiger partial charge on any atom is 0.187 e. The van der Waals surface area contributed by atoms with Crippen molar-refractivity contribution < 1.29 is 222 Å². The van der Waals surface area contributed by atoms with Gasteiger partial charge in [-0.15, -0.1) is 0 Å². The Labute approximate surface area is 579 Å². The minimum atomic E-state index is -2.24. The highest BCUT2D eigenvalue weighted by Gasteiger charge is 2.61. The Morgan fingerprint density at radius 3 is 0.480 bits per heavy atom. The molecule has 30 fully saturated rings. The van der Waals surface area contributed by atoms with Crippen molar-refractivity contribution in [3.05, 3.63) is 61.2 Å². The maximum absolute atomic E-state index is 12.1. The van der Waals surface area contributed by atoms with Crippen molar-refractivity contribution in [2.24, 2.45) is 0 Å². The second-order valence-electron chi connectivity index (χ2n) is 25.2. The van der Waals surface area contributed by atoms with Crippen molar-refractivity contribution in [1.29, 1.82) is 0 Å². The third-order valence-electron chi connectivity index (χ3n) is 18.9. The fourth-order valence-electron chi connectivity index (χ4n) is 13.4. The molecule has 2 aromatic rings. The van der Waals surface area contributed by atoms with Gasteiger partial charge >= 0.3 is 0 Å². The minimum Gasteiger partial charge on any atom is -1.00 e. The number of aliphatic hydroxyl groups is 22. The Kier molecular flexibility index (Phi) is 28.8. The van der Waals surface area contributed by atoms with Gasteiger partial charge in [-0.05, 0) is 0 Å². The lowest BCUT2D eigenvalue weighted by atomic mass is 9.94. The summed E-state index contributed by atoms with van der Waals surface area (Å²) in [5, 5.41) is 250. The van der Waals surface area contributed by atoms with E-state index in [0.29, 0.717) is 0 Å². The molecule has 30 aliphatic rings. The summed E-state index contributed by atoms with van der Waals surface area (Å²) in [4.78, 5) is 0. The van der Waals surface area contributed by atoms with Gasteiger partial charge in [-0.25, -0.2) is 9.13 Å². The van der Waals surface area contributed by atoms with E-state index in [2.05, 4.69) is 0 Å². The molecule has 32 heterocycles.